The van der Waals surface area contributed by atoms with E-state index in [0.29, 0.717) is 32.5 Å². The lowest BCUT2D eigenvalue weighted by atomic mass is 10.1. The van der Waals surface area contributed by atoms with Gasteiger partial charge in [0.25, 0.3) is 0 Å². The van der Waals surface area contributed by atoms with Crippen molar-refractivity contribution in [3.63, 3.8) is 0 Å². The molecule has 2 rings (SSSR count). The van der Waals surface area contributed by atoms with Crippen LogP contribution in [0.5, 0.6) is 5.75 Å². The highest BCUT2D eigenvalue weighted by molar-refractivity contribution is 5.78. The zero-order valence-electron chi connectivity index (χ0n) is 15.5. The first-order valence-electron chi connectivity index (χ1n) is 8.90. The van der Waals surface area contributed by atoms with E-state index in [0.717, 1.165) is 24.4 Å². The van der Waals surface area contributed by atoms with Gasteiger partial charge in [-0.05, 0) is 38.0 Å². The topological polar surface area (TPSA) is 61.9 Å². The van der Waals surface area contributed by atoms with Crippen LogP contribution >= 0.6 is 0 Å². The molecule has 0 unspecified atom stereocenters. The molecule has 0 radical (unpaired) electrons. The molecule has 1 fully saturated rings. The number of nitrogens with one attached hydrogen (secondary N) is 1. The molecule has 6 nitrogen and oxygen atoms in total. The van der Waals surface area contributed by atoms with Gasteiger partial charge in [0.05, 0.1) is 13.7 Å². The molecule has 0 saturated carbocycles. The number of nitrogens with zero attached hydrogens (tertiary/aromatic N) is 2. The molecule has 138 valence electrons. The second-order valence-corrected chi connectivity index (χ2v) is 6.73. The summed E-state index contributed by atoms with van der Waals surface area (Å²) >= 11 is 0. The largest absolute Gasteiger partial charge is 0.497 e. The Morgan fingerprint density at radius 1 is 1.20 bits per heavy atom. The molecule has 1 N–H and O–H groups in total. The molecule has 1 aromatic rings. The van der Waals surface area contributed by atoms with E-state index in [2.05, 4.69) is 10.2 Å². The highest BCUT2D eigenvalue weighted by atomic mass is 16.5. The fourth-order valence-corrected chi connectivity index (χ4v) is 2.96. The number of carbonyl (C=O) groups excluding carboxylic acids is 2. The summed E-state index contributed by atoms with van der Waals surface area (Å²) in [7, 11) is 1.64. The highest BCUT2D eigenvalue weighted by Crippen LogP contribution is 2.14. The third-order valence-electron chi connectivity index (χ3n) is 4.30. The van der Waals surface area contributed by atoms with E-state index in [1.165, 1.54) is 0 Å². The molecular weight excluding hydrogens is 318 g/mol. The van der Waals surface area contributed by atoms with Gasteiger partial charge in [-0.1, -0.05) is 12.1 Å². The van der Waals surface area contributed by atoms with Crippen molar-refractivity contribution < 1.29 is 14.3 Å². The number of amides is 2. The Bertz CT molecular complexity index is 581. The van der Waals surface area contributed by atoms with Gasteiger partial charge < -0.3 is 15.0 Å². The minimum absolute atomic E-state index is 0.0489. The van der Waals surface area contributed by atoms with Crippen LogP contribution in [0.1, 0.15) is 25.8 Å². The van der Waals surface area contributed by atoms with Crippen LogP contribution in [0.2, 0.25) is 0 Å². The zero-order valence-corrected chi connectivity index (χ0v) is 15.5. The number of rotatable bonds is 7. The number of methoxy groups -OCH3 is 1. The number of hydrogen-bond acceptors (Lipinski definition) is 4. The van der Waals surface area contributed by atoms with Crippen molar-refractivity contribution in [1.29, 1.82) is 0 Å². The maximum Gasteiger partial charge on any atom is 0.234 e. The fourth-order valence-electron chi connectivity index (χ4n) is 2.96. The third-order valence-corrected chi connectivity index (χ3v) is 4.30. The standard InChI is InChI=1S/C19H29N3O3/c1-15(2)20-18(23)14-21-9-11-22(12-10-21)19(24)8-7-16-5-4-6-17(13-16)25-3/h4-6,13,15H,7-12,14H2,1-3H3,(H,20,23). The van der Waals surface area contributed by atoms with Crippen molar-refractivity contribution in [2.75, 3.05) is 39.8 Å². The smallest absolute Gasteiger partial charge is 0.234 e. The van der Waals surface area contributed by atoms with E-state index in [1.54, 1.807) is 7.11 Å². The molecule has 25 heavy (non-hydrogen) atoms. The van der Waals surface area contributed by atoms with Gasteiger partial charge in [-0.25, -0.2) is 0 Å². The summed E-state index contributed by atoms with van der Waals surface area (Å²) in [6.07, 6.45) is 1.22. The molecule has 1 saturated heterocycles. The molecule has 0 bridgehead atoms. The number of carbonyl (C=O) groups is 2. The Balaban J connectivity index is 1.72. The summed E-state index contributed by atoms with van der Waals surface area (Å²) in [6.45, 7) is 7.18. The van der Waals surface area contributed by atoms with E-state index in [9.17, 15) is 9.59 Å². The Labute approximate surface area is 150 Å². The summed E-state index contributed by atoms with van der Waals surface area (Å²) in [5.41, 5.74) is 1.11. The molecular formula is C19H29N3O3. The molecule has 0 atom stereocenters. The van der Waals surface area contributed by atoms with Crippen LogP contribution in [-0.4, -0.2) is 67.5 Å². The maximum atomic E-state index is 12.4. The molecule has 6 heteroatoms. The van der Waals surface area contributed by atoms with Crippen LogP contribution in [-0.2, 0) is 16.0 Å². The van der Waals surface area contributed by atoms with Crippen LogP contribution in [0.3, 0.4) is 0 Å². The number of benzene rings is 1. The lowest BCUT2D eigenvalue weighted by Gasteiger charge is -2.34. The average Bonchev–Trinajstić information content (AvgIpc) is 2.59. The number of hydrogen-bond donors (Lipinski definition) is 1. The van der Waals surface area contributed by atoms with Crippen LogP contribution in [0.25, 0.3) is 0 Å². The summed E-state index contributed by atoms with van der Waals surface area (Å²) < 4.78 is 5.21. The zero-order chi connectivity index (χ0) is 18.2. The Morgan fingerprint density at radius 2 is 1.92 bits per heavy atom. The Hall–Kier alpha value is -2.08. The minimum Gasteiger partial charge on any atom is -0.497 e. The van der Waals surface area contributed by atoms with Gasteiger partial charge in [-0.15, -0.1) is 0 Å². The second-order valence-electron chi connectivity index (χ2n) is 6.73. The van der Waals surface area contributed by atoms with Crippen molar-refractivity contribution in [3.05, 3.63) is 29.8 Å². The normalized spacial score (nSPS) is 15.3. The summed E-state index contributed by atoms with van der Waals surface area (Å²) in [5, 5.41) is 2.90. The van der Waals surface area contributed by atoms with E-state index in [1.807, 2.05) is 43.0 Å². The number of ether oxygens (including phenoxy) is 1. The van der Waals surface area contributed by atoms with Gasteiger partial charge in [0.1, 0.15) is 5.75 Å². The van der Waals surface area contributed by atoms with Gasteiger partial charge in [0.2, 0.25) is 11.8 Å². The van der Waals surface area contributed by atoms with Gasteiger partial charge in [-0.3, -0.25) is 14.5 Å². The first-order chi connectivity index (χ1) is 12.0. The first kappa shape index (κ1) is 19.2. The van der Waals surface area contributed by atoms with E-state index < -0.39 is 0 Å². The Kier molecular flexibility index (Phi) is 7.25. The quantitative estimate of drug-likeness (QED) is 0.808. The first-order valence-corrected chi connectivity index (χ1v) is 8.90. The van der Waals surface area contributed by atoms with E-state index >= 15 is 0 Å². The SMILES string of the molecule is COc1cccc(CCC(=O)N2CCN(CC(=O)NC(C)C)CC2)c1. The fraction of sp³-hybridized carbons (Fsp3) is 0.579. The van der Waals surface area contributed by atoms with Crippen molar-refractivity contribution >= 4 is 11.8 Å². The van der Waals surface area contributed by atoms with Crippen molar-refractivity contribution in [3.8, 4) is 5.75 Å². The Morgan fingerprint density at radius 3 is 2.56 bits per heavy atom. The summed E-state index contributed by atoms with van der Waals surface area (Å²) in [4.78, 5) is 28.2. The van der Waals surface area contributed by atoms with Crippen LogP contribution in [0, 0.1) is 0 Å². The van der Waals surface area contributed by atoms with Gasteiger partial charge in [-0.2, -0.15) is 0 Å². The van der Waals surface area contributed by atoms with Crippen molar-refractivity contribution in [2.24, 2.45) is 0 Å². The molecule has 0 spiro atoms. The monoisotopic (exact) mass is 347 g/mol. The van der Waals surface area contributed by atoms with Gasteiger partial charge >= 0.3 is 0 Å². The van der Waals surface area contributed by atoms with Gasteiger partial charge in [0, 0.05) is 38.6 Å². The van der Waals surface area contributed by atoms with Gasteiger partial charge in [0.15, 0.2) is 0 Å². The average molecular weight is 347 g/mol. The third kappa shape index (κ3) is 6.38. The van der Waals surface area contributed by atoms with Crippen LogP contribution in [0.15, 0.2) is 24.3 Å². The second kappa shape index (κ2) is 9.42. The molecule has 1 heterocycles. The van der Waals surface area contributed by atoms with Crippen LogP contribution < -0.4 is 10.1 Å². The predicted molar refractivity (Wildman–Crippen MR) is 97.6 cm³/mol. The molecule has 1 aliphatic heterocycles. The number of piperazine rings is 1. The molecule has 2 amide bonds. The van der Waals surface area contributed by atoms with E-state index in [4.69, 9.17) is 4.74 Å². The summed E-state index contributed by atoms with van der Waals surface area (Å²) in [6, 6.07) is 7.99. The summed E-state index contributed by atoms with van der Waals surface area (Å²) in [5.74, 6) is 1.04. The maximum absolute atomic E-state index is 12.4. The highest BCUT2D eigenvalue weighted by Gasteiger charge is 2.22. The lowest BCUT2D eigenvalue weighted by molar-refractivity contribution is -0.133. The molecule has 0 aromatic heterocycles. The van der Waals surface area contributed by atoms with E-state index in [-0.39, 0.29) is 17.9 Å². The van der Waals surface area contributed by atoms with Crippen LogP contribution in [0.4, 0.5) is 0 Å². The van der Waals surface area contributed by atoms with Crippen molar-refractivity contribution in [1.82, 2.24) is 15.1 Å². The van der Waals surface area contributed by atoms with Crippen molar-refractivity contribution in [2.45, 2.75) is 32.7 Å². The number of aryl methyl sites for hydroxylation is 1. The minimum atomic E-state index is 0.0489. The predicted octanol–water partition coefficient (Wildman–Crippen LogP) is 1.30. The molecule has 0 aliphatic carbocycles. The molecule has 1 aromatic carbocycles. The lowest BCUT2D eigenvalue weighted by Crippen LogP contribution is -2.51. The molecule has 1 aliphatic rings.